The Morgan fingerprint density at radius 3 is 2.67 bits per heavy atom. The van der Waals surface area contributed by atoms with Gasteiger partial charge in [-0.15, -0.1) is 0 Å². The van der Waals surface area contributed by atoms with Crippen LogP contribution < -0.4 is 10.1 Å². The van der Waals surface area contributed by atoms with Crippen molar-refractivity contribution in [1.82, 2.24) is 10.2 Å². The summed E-state index contributed by atoms with van der Waals surface area (Å²) in [4.78, 5) is 25.7. The molecule has 0 fully saturated rings. The molecule has 0 saturated carbocycles. The minimum Gasteiger partial charge on any atom is -0.497 e. The minimum atomic E-state index is -0.476. The van der Waals surface area contributed by atoms with E-state index in [1.807, 2.05) is 19.1 Å². The Kier molecular flexibility index (Phi) is 3.29. The second-order valence-corrected chi connectivity index (χ2v) is 4.84. The number of ether oxygens (including phenoxy) is 2. The molecular weight excluding hydrogens is 272 g/mol. The molecule has 2 aliphatic rings. The molecule has 0 spiro atoms. The van der Waals surface area contributed by atoms with Crippen molar-refractivity contribution in [3.05, 3.63) is 41.1 Å². The zero-order valence-corrected chi connectivity index (χ0v) is 11.9. The Labute approximate surface area is 122 Å². The number of nitrogens with one attached hydrogen (secondary N) is 1. The van der Waals surface area contributed by atoms with Crippen molar-refractivity contribution in [2.24, 2.45) is 0 Å². The molecule has 6 heteroatoms. The van der Waals surface area contributed by atoms with Crippen molar-refractivity contribution in [3.8, 4) is 5.75 Å². The van der Waals surface area contributed by atoms with Crippen LogP contribution in [0.15, 0.2) is 35.5 Å². The van der Waals surface area contributed by atoms with Crippen molar-refractivity contribution in [2.75, 3.05) is 20.3 Å². The van der Waals surface area contributed by atoms with Crippen molar-refractivity contribution in [2.45, 2.75) is 13.0 Å². The van der Waals surface area contributed by atoms with Crippen LogP contribution in [0.25, 0.3) is 0 Å². The second-order valence-electron chi connectivity index (χ2n) is 4.84. The van der Waals surface area contributed by atoms with Gasteiger partial charge in [-0.1, -0.05) is 12.1 Å². The minimum absolute atomic E-state index is 0.155. The van der Waals surface area contributed by atoms with E-state index in [1.54, 1.807) is 24.1 Å². The van der Waals surface area contributed by atoms with E-state index in [-0.39, 0.29) is 18.6 Å². The second kappa shape index (κ2) is 5.12. The summed E-state index contributed by atoms with van der Waals surface area (Å²) in [5.41, 5.74) is 2.00. The molecule has 0 radical (unpaired) electrons. The smallest absolute Gasteiger partial charge is 0.338 e. The molecule has 6 nitrogen and oxygen atoms in total. The Morgan fingerprint density at radius 1 is 1.33 bits per heavy atom. The van der Waals surface area contributed by atoms with Crippen LogP contribution in [0.3, 0.4) is 0 Å². The summed E-state index contributed by atoms with van der Waals surface area (Å²) in [6, 6.07) is 6.58. The van der Waals surface area contributed by atoms with E-state index in [2.05, 4.69) is 5.32 Å². The van der Waals surface area contributed by atoms with E-state index in [9.17, 15) is 9.59 Å². The number of hydrogen-bond donors (Lipinski definition) is 1. The van der Waals surface area contributed by atoms with Crippen molar-refractivity contribution >= 4 is 12.0 Å². The molecule has 1 aromatic carbocycles. The first-order chi connectivity index (χ1) is 10.2. The van der Waals surface area contributed by atoms with Gasteiger partial charge in [-0.3, -0.25) is 4.90 Å². The number of benzene rings is 1. The third-order valence-electron chi connectivity index (χ3n) is 3.76. The van der Waals surface area contributed by atoms with Crippen LogP contribution in [0.4, 0.5) is 4.79 Å². The zero-order valence-electron chi connectivity index (χ0n) is 11.9. The molecule has 0 bridgehead atoms. The first-order valence-corrected chi connectivity index (χ1v) is 6.77. The number of cyclic esters (lactones) is 1. The highest BCUT2D eigenvalue weighted by atomic mass is 16.5. The number of esters is 1. The van der Waals surface area contributed by atoms with Gasteiger partial charge < -0.3 is 14.8 Å². The average molecular weight is 288 g/mol. The topological polar surface area (TPSA) is 67.9 Å². The van der Waals surface area contributed by atoms with Gasteiger partial charge in [0.1, 0.15) is 12.4 Å². The summed E-state index contributed by atoms with van der Waals surface area (Å²) in [7, 11) is 1.59. The highest BCUT2D eigenvalue weighted by molar-refractivity contribution is 5.97. The highest BCUT2D eigenvalue weighted by Gasteiger charge is 2.41. The number of nitrogens with zero attached hydrogens (tertiary/aromatic N) is 1. The summed E-state index contributed by atoms with van der Waals surface area (Å²) < 4.78 is 10.2. The van der Waals surface area contributed by atoms with Gasteiger partial charge in [-0.2, -0.15) is 0 Å². The van der Waals surface area contributed by atoms with E-state index in [0.29, 0.717) is 17.8 Å². The van der Waals surface area contributed by atoms with Gasteiger partial charge in [0.2, 0.25) is 0 Å². The third-order valence-corrected chi connectivity index (χ3v) is 3.76. The fourth-order valence-electron chi connectivity index (χ4n) is 2.69. The van der Waals surface area contributed by atoms with Crippen molar-refractivity contribution in [1.29, 1.82) is 0 Å². The lowest BCUT2D eigenvalue weighted by Gasteiger charge is -2.32. The van der Waals surface area contributed by atoms with Gasteiger partial charge in [-0.05, 0) is 24.6 Å². The molecule has 3 rings (SSSR count). The SMILES string of the molecule is CCN1C(=O)N[C@@H](c2ccc(OC)cc2)C2=C1COC2=O. The number of methoxy groups -OCH3 is 1. The summed E-state index contributed by atoms with van der Waals surface area (Å²) >= 11 is 0. The maximum absolute atomic E-state index is 12.2. The Balaban J connectivity index is 2.03. The van der Waals surface area contributed by atoms with Crippen LogP contribution in [-0.4, -0.2) is 37.2 Å². The van der Waals surface area contributed by atoms with Gasteiger partial charge in [0.05, 0.1) is 24.4 Å². The molecule has 2 heterocycles. The van der Waals surface area contributed by atoms with Gasteiger partial charge in [0, 0.05) is 6.54 Å². The number of carbonyl (C=O) groups is 2. The van der Waals surface area contributed by atoms with Crippen LogP contribution in [-0.2, 0) is 9.53 Å². The summed E-state index contributed by atoms with van der Waals surface area (Å²) in [5.74, 6) is 0.351. The highest BCUT2D eigenvalue weighted by Crippen LogP contribution is 2.35. The molecular formula is C15H16N2O4. The monoisotopic (exact) mass is 288 g/mol. The molecule has 1 N–H and O–H groups in total. The predicted octanol–water partition coefficient (Wildman–Crippen LogP) is 1.59. The molecule has 110 valence electrons. The van der Waals surface area contributed by atoms with E-state index < -0.39 is 6.04 Å². The van der Waals surface area contributed by atoms with Crippen LogP contribution in [0.1, 0.15) is 18.5 Å². The van der Waals surface area contributed by atoms with E-state index >= 15 is 0 Å². The lowest BCUT2D eigenvalue weighted by Crippen LogP contribution is -2.47. The van der Waals surface area contributed by atoms with Gasteiger partial charge in [0.15, 0.2) is 0 Å². The molecule has 0 aliphatic carbocycles. The number of amides is 2. The van der Waals surface area contributed by atoms with Crippen LogP contribution >= 0.6 is 0 Å². The summed E-state index contributed by atoms with van der Waals surface area (Å²) in [6.45, 7) is 2.51. The van der Waals surface area contributed by atoms with Crippen LogP contribution in [0, 0.1) is 0 Å². The number of urea groups is 1. The van der Waals surface area contributed by atoms with Gasteiger partial charge in [0.25, 0.3) is 0 Å². The molecule has 0 saturated heterocycles. The van der Waals surface area contributed by atoms with E-state index in [4.69, 9.17) is 9.47 Å². The van der Waals surface area contributed by atoms with Crippen molar-refractivity contribution < 1.29 is 19.1 Å². The number of likely N-dealkylation sites (N-methyl/N-ethyl adjacent to an activating group) is 1. The fraction of sp³-hybridized carbons (Fsp3) is 0.333. The van der Waals surface area contributed by atoms with Crippen LogP contribution in [0.5, 0.6) is 5.75 Å². The maximum atomic E-state index is 12.2. The summed E-state index contributed by atoms with van der Waals surface area (Å²) in [6.07, 6.45) is 0. The maximum Gasteiger partial charge on any atom is 0.338 e. The molecule has 0 unspecified atom stereocenters. The fourth-order valence-corrected chi connectivity index (χ4v) is 2.69. The van der Waals surface area contributed by atoms with Crippen molar-refractivity contribution in [3.63, 3.8) is 0 Å². The largest absolute Gasteiger partial charge is 0.497 e. The third kappa shape index (κ3) is 2.12. The lowest BCUT2D eigenvalue weighted by atomic mass is 9.96. The zero-order chi connectivity index (χ0) is 15.0. The standard InChI is InChI=1S/C15H16N2O4/c1-3-17-11-8-21-14(18)12(11)13(16-15(17)19)9-4-6-10(20-2)7-5-9/h4-7,13H,3,8H2,1-2H3,(H,16,19)/t13-/m0/s1. The number of carbonyl (C=O) groups excluding carboxylic acids is 2. The Morgan fingerprint density at radius 2 is 2.05 bits per heavy atom. The molecule has 1 atom stereocenters. The molecule has 0 aromatic heterocycles. The Hall–Kier alpha value is -2.50. The van der Waals surface area contributed by atoms with Crippen LogP contribution in [0.2, 0.25) is 0 Å². The quantitative estimate of drug-likeness (QED) is 0.858. The first kappa shape index (κ1) is 13.5. The summed E-state index contributed by atoms with van der Waals surface area (Å²) in [5, 5.41) is 2.86. The van der Waals surface area contributed by atoms with E-state index in [1.165, 1.54) is 0 Å². The predicted molar refractivity (Wildman–Crippen MR) is 74.6 cm³/mol. The molecule has 2 amide bonds. The first-order valence-electron chi connectivity index (χ1n) is 6.77. The average Bonchev–Trinajstić information content (AvgIpc) is 2.89. The normalized spacial score (nSPS) is 21.0. The number of rotatable bonds is 3. The van der Waals surface area contributed by atoms with Gasteiger partial charge in [-0.25, -0.2) is 9.59 Å². The van der Waals surface area contributed by atoms with E-state index in [0.717, 1.165) is 11.3 Å². The molecule has 21 heavy (non-hydrogen) atoms. The molecule has 1 aromatic rings. The van der Waals surface area contributed by atoms with Gasteiger partial charge >= 0.3 is 12.0 Å². The number of hydrogen-bond acceptors (Lipinski definition) is 4. The lowest BCUT2D eigenvalue weighted by molar-refractivity contribution is -0.136. The molecule has 2 aliphatic heterocycles. The Bertz CT molecular complexity index is 621.